The molecule has 0 heterocycles. The Morgan fingerprint density at radius 2 is 2.12 bits per heavy atom. The molecule has 0 fully saturated rings. The van der Waals surface area contributed by atoms with Crippen molar-refractivity contribution < 1.29 is 9.84 Å². The van der Waals surface area contributed by atoms with Gasteiger partial charge in [-0.25, -0.2) is 0 Å². The fourth-order valence-corrected chi connectivity index (χ4v) is 1.38. The third-order valence-corrected chi connectivity index (χ3v) is 2.53. The van der Waals surface area contributed by atoms with Crippen molar-refractivity contribution in [3.63, 3.8) is 0 Å². The van der Waals surface area contributed by atoms with Crippen molar-refractivity contribution in [3.05, 3.63) is 29.8 Å². The zero-order chi connectivity index (χ0) is 12.7. The number of nitrogens with one attached hydrogen (secondary N) is 1. The monoisotopic (exact) mass is 237 g/mol. The van der Waals surface area contributed by atoms with Crippen molar-refractivity contribution >= 4 is 0 Å². The standard InChI is InChI=1S/C14H23NO2/c1-4-13(16)10-17-14-7-5-6-12(8-14)9-15-11(2)3/h5-8,11,13,15-16H,4,9-10H2,1-3H3. The minimum atomic E-state index is -0.382. The summed E-state index contributed by atoms with van der Waals surface area (Å²) in [5.74, 6) is 0.820. The summed E-state index contributed by atoms with van der Waals surface area (Å²) in [5.41, 5.74) is 1.20. The molecule has 0 saturated heterocycles. The van der Waals surface area contributed by atoms with Gasteiger partial charge in [0.25, 0.3) is 0 Å². The van der Waals surface area contributed by atoms with Gasteiger partial charge >= 0.3 is 0 Å². The first-order chi connectivity index (χ1) is 8.11. The van der Waals surface area contributed by atoms with Gasteiger partial charge in [0.15, 0.2) is 0 Å². The normalized spacial score (nSPS) is 12.8. The lowest BCUT2D eigenvalue weighted by Gasteiger charge is -2.12. The van der Waals surface area contributed by atoms with E-state index in [9.17, 15) is 5.11 Å². The predicted molar refractivity (Wildman–Crippen MR) is 70.2 cm³/mol. The summed E-state index contributed by atoms with van der Waals surface area (Å²) in [4.78, 5) is 0. The summed E-state index contributed by atoms with van der Waals surface area (Å²) in [6, 6.07) is 8.45. The van der Waals surface area contributed by atoms with Crippen LogP contribution in [-0.2, 0) is 6.54 Å². The molecular formula is C14H23NO2. The molecule has 0 aliphatic rings. The zero-order valence-electron chi connectivity index (χ0n) is 10.9. The van der Waals surface area contributed by atoms with Gasteiger partial charge in [-0.2, -0.15) is 0 Å². The highest BCUT2D eigenvalue weighted by atomic mass is 16.5. The second-order valence-electron chi connectivity index (χ2n) is 4.56. The average molecular weight is 237 g/mol. The maximum Gasteiger partial charge on any atom is 0.119 e. The summed E-state index contributed by atoms with van der Waals surface area (Å²) < 4.78 is 5.53. The van der Waals surface area contributed by atoms with Gasteiger partial charge in [-0.05, 0) is 24.1 Å². The minimum absolute atomic E-state index is 0.359. The van der Waals surface area contributed by atoms with E-state index in [1.165, 1.54) is 5.56 Å². The van der Waals surface area contributed by atoms with E-state index in [1.807, 2.05) is 25.1 Å². The Morgan fingerprint density at radius 3 is 2.76 bits per heavy atom. The highest BCUT2D eigenvalue weighted by molar-refractivity contribution is 5.28. The van der Waals surface area contributed by atoms with Crippen molar-refractivity contribution in [2.75, 3.05) is 6.61 Å². The molecule has 1 aromatic rings. The van der Waals surface area contributed by atoms with Crippen molar-refractivity contribution in [3.8, 4) is 5.75 Å². The van der Waals surface area contributed by atoms with Crippen LogP contribution in [0.3, 0.4) is 0 Å². The van der Waals surface area contributed by atoms with E-state index in [4.69, 9.17) is 4.74 Å². The lowest BCUT2D eigenvalue weighted by Crippen LogP contribution is -2.21. The first-order valence-corrected chi connectivity index (χ1v) is 6.25. The van der Waals surface area contributed by atoms with E-state index in [0.717, 1.165) is 12.3 Å². The summed E-state index contributed by atoms with van der Waals surface area (Å²) >= 11 is 0. The van der Waals surface area contributed by atoms with Crippen LogP contribution in [0.1, 0.15) is 32.8 Å². The van der Waals surface area contributed by atoms with Gasteiger partial charge in [-0.15, -0.1) is 0 Å². The lowest BCUT2D eigenvalue weighted by atomic mass is 10.2. The number of hydrogen-bond acceptors (Lipinski definition) is 3. The molecule has 1 aromatic carbocycles. The van der Waals surface area contributed by atoms with Gasteiger partial charge in [0.05, 0.1) is 6.10 Å². The maximum absolute atomic E-state index is 9.43. The van der Waals surface area contributed by atoms with Crippen LogP contribution < -0.4 is 10.1 Å². The van der Waals surface area contributed by atoms with Gasteiger partial charge in [0.2, 0.25) is 0 Å². The second-order valence-corrected chi connectivity index (χ2v) is 4.56. The van der Waals surface area contributed by atoms with Gasteiger partial charge in [-0.1, -0.05) is 32.9 Å². The van der Waals surface area contributed by atoms with Gasteiger partial charge in [-0.3, -0.25) is 0 Å². The number of ether oxygens (including phenoxy) is 1. The van der Waals surface area contributed by atoms with Crippen molar-refractivity contribution in [2.45, 2.75) is 45.9 Å². The van der Waals surface area contributed by atoms with Crippen LogP contribution >= 0.6 is 0 Å². The molecule has 1 unspecified atom stereocenters. The number of hydrogen-bond donors (Lipinski definition) is 2. The Balaban J connectivity index is 2.47. The molecule has 0 amide bonds. The number of aliphatic hydroxyl groups is 1. The molecule has 0 spiro atoms. The van der Waals surface area contributed by atoms with Crippen LogP contribution in [0.15, 0.2) is 24.3 Å². The molecule has 0 aliphatic carbocycles. The molecule has 96 valence electrons. The van der Waals surface area contributed by atoms with E-state index in [0.29, 0.717) is 19.1 Å². The third kappa shape index (κ3) is 5.71. The molecule has 0 radical (unpaired) electrons. The maximum atomic E-state index is 9.43. The number of rotatable bonds is 7. The van der Waals surface area contributed by atoms with Crippen LogP contribution in [-0.4, -0.2) is 23.9 Å². The Labute approximate surface area is 104 Å². The summed E-state index contributed by atoms with van der Waals surface area (Å²) in [6.07, 6.45) is 0.335. The Hall–Kier alpha value is -1.06. The molecule has 1 atom stereocenters. The van der Waals surface area contributed by atoms with Crippen LogP contribution in [0.2, 0.25) is 0 Å². The van der Waals surface area contributed by atoms with Crippen LogP contribution in [0.5, 0.6) is 5.75 Å². The number of benzene rings is 1. The molecule has 0 bridgehead atoms. The molecular weight excluding hydrogens is 214 g/mol. The molecule has 2 N–H and O–H groups in total. The lowest BCUT2D eigenvalue weighted by molar-refractivity contribution is 0.104. The van der Waals surface area contributed by atoms with Crippen LogP contribution in [0, 0.1) is 0 Å². The fraction of sp³-hybridized carbons (Fsp3) is 0.571. The van der Waals surface area contributed by atoms with Crippen LogP contribution in [0.4, 0.5) is 0 Å². The Bertz CT molecular complexity index is 326. The fourth-order valence-electron chi connectivity index (χ4n) is 1.38. The predicted octanol–water partition coefficient (Wildman–Crippen LogP) is 2.33. The van der Waals surface area contributed by atoms with E-state index >= 15 is 0 Å². The Kier molecular flexibility index (Phi) is 6.01. The van der Waals surface area contributed by atoms with Crippen molar-refractivity contribution in [1.29, 1.82) is 0 Å². The van der Waals surface area contributed by atoms with E-state index in [-0.39, 0.29) is 6.10 Å². The molecule has 1 rings (SSSR count). The quantitative estimate of drug-likeness (QED) is 0.765. The average Bonchev–Trinajstić information content (AvgIpc) is 2.34. The molecule has 0 aliphatic heterocycles. The smallest absolute Gasteiger partial charge is 0.119 e. The third-order valence-electron chi connectivity index (χ3n) is 2.53. The molecule has 0 aromatic heterocycles. The van der Waals surface area contributed by atoms with Crippen LogP contribution in [0.25, 0.3) is 0 Å². The topological polar surface area (TPSA) is 41.5 Å². The SMILES string of the molecule is CCC(O)COc1cccc(CNC(C)C)c1. The van der Waals surface area contributed by atoms with E-state index < -0.39 is 0 Å². The minimum Gasteiger partial charge on any atom is -0.491 e. The van der Waals surface area contributed by atoms with Crippen molar-refractivity contribution in [1.82, 2.24) is 5.32 Å². The summed E-state index contributed by atoms with van der Waals surface area (Å²) in [7, 11) is 0. The first kappa shape index (κ1) is 14.0. The van der Waals surface area contributed by atoms with Gasteiger partial charge in [0.1, 0.15) is 12.4 Å². The zero-order valence-corrected chi connectivity index (χ0v) is 10.9. The first-order valence-electron chi connectivity index (χ1n) is 6.25. The summed E-state index contributed by atoms with van der Waals surface area (Å²) in [6.45, 7) is 7.38. The molecule has 17 heavy (non-hydrogen) atoms. The number of aliphatic hydroxyl groups excluding tert-OH is 1. The second kappa shape index (κ2) is 7.30. The highest BCUT2D eigenvalue weighted by Gasteiger charge is 2.02. The van der Waals surface area contributed by atoms with Gasteiger partial charge < -0.3 is 15.2 Å². The molecule has 3 nitrogen and oxygen atoms in total. The Morgan fingerprint density at radius 1 is 1.35 bits per heavy atom. The highest BCUT2D eigenvalue weighted by Crippen LogP contribution is 2.13. The van der Waals surface area contributed by atoms with Gasteiger partial charge in [0, 0.05) is 12.6 Å². The molecule has 3 heteroatoms. The van der Waals surface area contributed by atoms with E-state index in [1.54, 1.807) is 0 Å². The van der Waals surface area contributed by atoms with Crippen molar-refractivity contribution in [2.24, 2.45) is 0 Å². The summed E-state index contributed by atoms with van der Waals surface area (Å²) in [5, 5.41) is 12.8. The largest absolute Gasteiger partial charge is 0.491 e. The molecule has 0 saturated carbocycles. The van der Waals surface area contributed by atoms with E-state index in [2.05, 4.69) is 25.2 Å².